The Morgan fingerprint density at radius 2 is 1.51 bits per heavy atom. The van der Waals surface area contributed by atoms with Crippen LogP contribution >= 0.6 is 0 Å². The van der Waals surface area contributed by atoms with Crippen molar-refractivity contribution in [3.8, 4) is 11.8 Å². The second kappa shape index (κ2) is 12.2. The van der Waals surface area contributed by atoms with Crippen LogP contribution in [0.2, 0.25) is 0 Å². The third kappa shape index (κ3) is 6.61. The minimum atomic E-state index is -0.938. The van der Waals surface area contributed by atoms with Crippen LogP contribution in [-0.2, 0) is 10.2 Å². The van der Waals surface area contributed by atoms with Crippen molar-refractivity contribution >= 4 is 11.7 Å². The Bertz CT molecular complexity index is 1120. The molecule has 0 aromatic heterocycles. The van der Waals surface area contributed by atoms with Crippen LogP contribution in [0.4, 0.5) is 0 Å². The topological polar surface area (TPSA) is 66.4 Å². The van der Waals surface area contributed by atoms with Gasteiger partial charge in [0.25, 0.3) is 5.91 Å². The number of aryl methyl sites for hydroxylation is 2. The SMILES string of the molecule is CCCC(O)(C#Cc1ccc(C(CC)(CC)c2ccc(C(=O)NCC(C)=O)c(C)c2)cc1C)CC. The van der Waals surface area contributed by atoms with E-state index >= 15 is 0 Å². The van der Waals surface area contributed by atoms with Gasteiger partial charge < -0.3 is 10.4 Å². The minimum Gasteiger partial charge on any atom is -0.378 e. The van der Waals surface area contributed by atoms with Gasteiger partial charge in [-0.15, -0.1) is 0 Å². The molecule has 1 unspecified atom stereocenters. The van der Waals surface area contributed by atoms with Crippen molar-refractivity contribution in [2.24, 2.45) is 0 Å². The number of carbonyl (C=O) groups is 2. The van der Waals surface area contributed by atoms with E-state index in [0.29, 0.717) is 18.4 Å². The molecule has 2 rings (SSSR count). The molecule has 0 fully saturated rings. The van der Waals surface area contributed by atoms with Gasteiger partial charge in [-0.25, -0.2) is 0 Å². The molecule has 2 aromatic rings. The van der Waals surface area contributed by atoms with Crippen LogP contribution in [-0.4, -0.2) is 28.9 Å². The third-order valence-corrected chi connectivity index (χ3v) is 7.19. The molecule has 0 aliphatic carbocycles. The highest BCUT2D eigenvalue weighted by Gasteiger charge is 2.31. The Labute approximate surface area is 211 Å². The van der Waals surface area contributed by atoms with Gasteiger partial charge in [0.1, 0.15) is 11.4 Å². The number of hydrogen-bond donors (Lipinski definition) is 2. The first-order valence-corrected chi connectivity index (χ1v) is 12.8. The van der Waals surface area contributed by atoms with E-state index in [1.165, 1.54) is 18.1 Å². The molecule has 188 valence electrons. The normalized spacial score (nSPS) is 12.9. The van der Waals surface area contributed by atoms with Crippen molar-refractivity contribution in [3.63, 3.8) is 0 Å². The van der Waals surface area contributed by atoms with Crippen LogP contribution in [0.1, 0.15) is 105 Å². The fraction of sp³-hybridized carbons (Fsp3) is 0.484. The lowest BCUT2D eigenvalue weighted by Crippen LogP contribution is -2.30. The summed E-state index contributed by atoms with van der Waals surface area (Å²) in [5.41, 5.74) is 4.77. The highest BCUT2D eigenvalue weighted by atomic mass is 16.3. The first-order chi connectivity index (χ1) is 16.6. The van der Waals surface area contributed by atoms with Crippen molar-refractivity contribution < 1.29 is 14.7 Å². The maximum Gasteiger partial charge on any atom is 0.251 e. The van der Waals surface area contributed by atoms with Gasteiger partial charge in [-0.1, -0.05) is 70.2 Å². The Balaban J connectivity index is 2.45. The minimum absolute atomic E-state index is 0.0382. The highest BCUT2D eigenvalue weighted by Crippen LogP contribution is 2.40. The Hall–Kier alpha value is -2.90. The molecule has 4 heteroatoms. The number of ketones is 1. The summed E-state index contributed by atoms with van der Waals surface area (Å²) in [4.78, 5) is 23.8. The van der Waals surface area contributed by atoms with Gasteiger partial charge in [-0.05, 0) is 80.8 Å². The van der Waals surface area contributed by atoms with Gasteiger partial charge in [0.15, 0.2) is 0 Å². The zero-order valence-corrected chi connectivity index (χ0v) is 22.5. The second-order valence-corrected chi connectivity index (χ2v) is 9.62. The van der Waals surface area contributed by atoms with E-state index in [2.05, 4.69) is 69.1 Å². The van der Waals surface area contributed by atoms with E-state index in [-0.39, 0.29) is 23.7 Å². The van der Waals surface area contributed by atoms with E-state index in [9.17, 15) is 14.7 Å². The molecule has 0 aliphatic heterocycles. The molecule has 2 N–H and O–H groups in total. The zero-order valence-electron chi connectivity index (χ0n) is 22.5. The Morgan fingerprint density at radius 1 is 0.914 bits per heavy atom. The summed E-state index contributed by atoms with van der Waals surface area (Å²) in [6.45, 7) is 13.9. The number of Topliss-reactive ketones (excluding diaryl/α,β-unsaturated/α-hetero) is 1. The molecule has 0 radical (unpaired) electrons. The van der Waals surface area contributed by atoms with Gasteiger partial charge >= 0.3 is 0 Å². The molecule has 0 saturated heterocycles. The molecular weight excluding hydrogens is 434 g/mol. The molecule has 1 atom stereocenters. The summed E-state index contributed by atoms with van der Waals surface area (Å²) in [7, 11) is 0. The summed E-state index contributed by atoms with van der Waals surface area (Å²) in [5.74, 6) is 6.04. The van der Waals surface area contributed by atoms with Crippen LogP contribution in [0.5, 0.6) is 0 Å². The number of aliphatic hydroxyl groups is 1. The average Bonchev–Trinajstić information content (AvgIpc) is 2.83. The lowest BCUT2D eigenvalue weighted by atomic mass is 9.69. The molecular formula is C31H41NO3. The van der Waals surface area contributed by atoms with Gasteiger partial charge in [0, 0.05) is 16.5 Å². The monoisotopic (exact) mass is 475 g/mol. The summed E-state index contributed by atoms with van der Waals surface area (Å²) < 4.78 is 0. The van der Waals surface area contributed by atoms with E-state index in [0.717, 1.165) is 36.0 Å². The largest absolute Gasteiger partial charge is 0.378 e. The van der Waals surface area contributed by atoms with Crippen LogP contribution < -0.4 is 5.32 Å². The molecule has 2 aromatic carbocycles. The highest BCUT2D eigenvalue weighted by molar-refractivity contribution is 5.97. The van der Waals surface area contributed by atoms with E-state index in [1.807, 2.05) is 26.0 Å². The predicted octanol–water partition coefficient (Wildman–Crippen LogP) is 6.02. The Morgan fingerprint density at radius 3 is 2.00 bits per heavy atom. The number of carbonyl (C=O) groups excluding carboxylic acids is 2. The number of hydrogen-bond acceptors (Lipinski definition) is 3. The fourth-order valence-corrected chi connectivity index (χ4v) is 4.78. The number of benzene rings is 2. The summed E-state index contributed by atoms with van der Waals surface area (Å²) >= 11 is 0. The molecule has 4 nitrogen and oxygen atoms in total. The number of amides is 1. The lowest BCUT2D eigenvalue weighted by Gasteiger charge is -2.34. The molecule has 0 aliphatic rings. The first-order valence-electron chi connectivity index (χ1n) is 12.8. The third-order valence-electron chi connectivity index (χ3n) is 7.19. The quantitative estimate of drug-likeness (QED) is 0.413. The fourth-order valence-electron chi connectivity index (χ4n) is 4.78. The maximum atomic E-state index is 12.5. The molecule has 1 amide bonds. The summed E-state index contributed by atoms with van der Waals surface area (Å²) in [5, 5.41) is 13.4. The van der Waals surface area contributed by atoms with Crippen molar-refractivity contribution in [2.45, 2.75) is 91.6 Å². The first kappa shape index (κ1) is 28.3. The van der Waals surface area contributed by atoms with Crippen molar-refractivity contribution in [1.82, 2.24) is 5.32 Å². The lowest BCUT2D eigenvalue weighted by molar-refractivity contribution is -0.116. The summed E-state index contributed by atoms with van der Waals surface area (Å²) in [6.07, 6.45) is 4.00. The van der Waals surface area contributed by atoms with Crippen molar-refractivity contribution in [1.29, 1.82) is 0 Å². The van der Waals surface area contributed by atoms with Gasteiger partial charge in [-0.2, -0.15) is 0 Å². The predicted molar refractivity (Wildman–Crippen MR) is 144 cm³/mol. The van der Waals surface area contributed by atoms with E-state index in [4.69, 9.17) is 0 Å². The number of nitrogens with one attached hydrogen (secondary N) is 1. The van der Waals surface area contributed by atoms with Crippen LogP contribution in [0, 0.1) is 25.7 Å². The van der Waals surface area contributed by atoms with Crippen LogP contribution in [0.3, 0.4) is 0 Å². The van der Waals surface area contributed by atoms with Gasteiger partial charge in [-0.3, -0.25) is 9.59 Å². The molecule has 35 heavy (non-hydrogen) atoms. The second-order valence-electron chi connectivity index (χ2n) is 9.62. The summed E-state index contributed by atoms with van der Waals surface area (Å²) in [6, 6.07) is 12.4. The van der Waals surface area contributed by atoms with Crippen molar-refractivity contribution in [3.05, 3.63) is 69.8 Å². The zero-order chi connectivity index (χ0) is 26.2. The van der Waals surface area contributed by atoms with Crippen LogP contribution in [0.25, 0.3) is 0 Å². The van der Waals surface area contributed by atoms with E-state index < -0.39 is 5.60 Å². The molecule has 0 spiro atoms. The Kier molecular flexibility index (Phi) is 9.86. The molecule has 0 saturated carbocycles. The van der Waals surface area contributed by atoms with Gasteiger partial charge in [0.05, 0.1) is 6.54 Å². The maximum absolute atomic E-state index is 12.5. The molecule has 0 bridgehead atoms. The van der Waals surface area contributed by atoms with Gasteiger partial charge in [0.2, 0.25) is 0 Å². The smallest absolute Gasteiger partial charge is 0.251 e. The van der Waals surface area contributed by atoms with Crippen molar-refractivity contribution in [2.75, 3.05) is 6.54 Å². The number of rotatable bonds is 10. The van der Waals surface area contributed by atoms with Crippen LogP contribution in [0.15, 0.2) is 36.4 Å². The standard InChI is InChI=1S/C31H41NO3/c1-8-17-30(35,9-2)18-16-25-12-13-26(19-22(25)5)31(10-3,11-4)27-14-15-28(23(6)20-27)29(34)32-21-24(7)33/h12-15,19-20,35H,8-11,17,21H2,1-7H3,(H,32,34). The molecule has 0 heterocycles. The van der Waals surface area contributed by atoms with E-state index in [1.54, 1.807) is 0 Å². The average molecular weight is 476 g/mol.